The van der Waals surface area contributed by atoms with Gasteiger partial charge >= 0.3 is 0 Å². The van der Waals surface area contributed by atoms with Gasteiger partial charge in [0.15, 0.2) is 16.8 Å². The first-order valence-corrected chi connectivity index (χ1v) is 20.4. The average Bonchev–Trinajstić information content (AvgIpc) is 3.73. The molecule has 0 spiro atoms. The Balaban J connectivity index is 0.841. The molecule has 1 fully saturated rings. The Morgan fingerprint density at radius 1 is 0.850 bits per heavy atom. The molecular weight excluding hydrogens is 791 g/mol. The average molecular weight is 837 g/mol. The lowest BCUT2D eigenvalue weighted by Gasteiger charge is -2.34. The number of hydrogen-bond donors (Lipinski definition) is 4. The lowest BCUT2D eigenvalue weighted by molar-refractivity contribution is -0.122. The summed E-state index contributed by atoms with van der Waals surface area (Å²) in [6, 6.07) is 13.4. The molecule has 4 aromatic heterocycles. The number of piperazine rings is 1. The van der Waals surface area contributed by atoms with Crippen LogP contribution < -0.4 is 21.3 Å². The predicted molar refractivity (Wildman–Crippen MR) is 227 cm³/mol. The van der Waals surface area contributed by atoms with E-state index in [1.54, 1.807) is 42.6 Å². The number of carbonyl (C=O) groups excluding carboxylic acids is 3. The first-order chi connectivity index (χ1) is 28.8. The minimum atomic E-state index is -0.684. The Hall–Kier alpha value is -6.24. The highest BCUT2D eigenvalue weighted by Gasteiger charge is 2.21. The van der Waals surface area contributed by atoms with Crippen LogP contribution in [0.5, 0.6) is 0 Å². The van der Waals surface area contributed by atoms with Gasteiger partial charge in [-0.1, -0.05) is 18.2 Å². The SMILES string of the molecule is Cc1nc(NC(=O)c2ccccc2NC(=O)CCNC(=O)CN2CCN(Cc3ccc(Nc4ncc(F)c(-c5cc(F)c6nc(C)n(C(C)C)c6c5)n4)nc3)CC2)sc1C. The number of aromatic nitrogens is 6. The van der Waals surface area contributed by atoms with E-state index in [-0.39, 0.29) is 66.0 Å². The van der Waals surface area contributed by atoms with Crippen LogP contribution in [0.3, 0.4) is 0 Å². The summed E-state index contributed by atoms with van der Waals surface area (Å²) in [7, 11) is 0. The minimum Gasteiger partial charge on any atom is -0.354 e. The van der Waals surface area contributed by atoms with Gasteiger partial charge in [0.25, 0.3) is 5.91 Å². The first kappa shape index (κ1) is 41.9. The van der Waals surface area contributed by atoms with Crippen LogP contribution in [-0.4, -0.2) is 96.3 Å². The van der Waals surface area contributed by atoms with Crippen LogP contribution in [0.2, 0.25) is 0 Å². The van der Waals surface area contributed by atoms with Crippen molar-refractivity contribution < 1.29 is 23.2 Å². The van der Waals surface area contributed by atoms with Gasteiger partial charge in [-0.3, -0.25) is 29.5 Å². The van der Waals surface area contributed by atoms with Crippen molar-refractivity contribution >= 4 is 62.7 Å². The normalized spacial score (nSPS) is 13.5. The van der Waals surface area contributed by atoms with E-state index in [1.807, 2.05) is 45.3 Å². The molecular formula is C42H46F2N12O3S. The molecule has 0 unspecified atom stereocenters. The molecule has 0 atom stereocenters. The van der Waals surface area contributed by atoms with Gasteiger partial charge in [0.05, 0.1) is 35.2 Å². The number of carbonyl (C=O) groups is 3. The van der Waals surface area contributed by atoms with Gasteiger partial charge in [0.2, 0.25) is 17.8 Å². The second-order valence-electron chi connectivity index (χ2n) is 14.9. The Labute approximate surface area is 349 Å². The number of amides is 3. The Bertz CT molecular complexity index is 2510. The van der Waals surface area contributed by atoms with Gasteiger partial charge < -0.3 is 20.5 Å². The third kappa shape index (κ3) is 9.95. The van der Waals surface area contributed by atoms with E-state index in [0.29, 0.717) is 53.2 Å². The van der Waals surface area contributed by atoms with Crippen LogP contribution >= 0.6 is 11.3 Å². The summed E-state index contributed by atoms with van der Waals surface area (Å²) in [6.45, 7) is 13.5. The maximum Gasteiger partial charge on any atom is 0.259 e. The highest BCUT2D eigenvalue weighted by Crippen LogP contribution is 2.31. The summed E-state index contributed by atoms with van der Waals surface area (Å²) in [4.78, 5) is 65.4. The molecule has 0 aliphatic carbocycles. The molecule has 0 saturated carbocycles. The van der Waals surface area contributed by atoms with E-state index < -0.39 is 11.6 Å². The Morgan fingerprint density at radius 2 is 1.62 bits per heavy atom. The van der Waals surface area contributed by atoms with Gasteiger partial charge in [-0.2, -0.15) is 0 Å². The van der Waals surface area contributed by atoms with Crippen molar-refractivity contribution in [3.05, 3.63) is 100 Å². The summed E-state index contributed by atoms with van der Waals surface area (Å²) >= 11 is 1.39. The predicted octanol–water partition coefficient (Wildman–Crippen LogP) is 6.39. The molecule has 1 aliphatic heterocycles. The molecule has 0 radical (unpaired) electrons. The number of rotatable bonds is 14. The van der Waals surface area contributed by atoms with Crippen molar-refractivity contribution in [3.8, 4) is 11.3 Å². The summed E-state index contributed by atoms with van der Waals surface area (Å²) in [5.74, 6) is -0.867. The fraction of sp³-hybridized carbons (Fsp3) is 0.333. The molecule has 15 nitrogen and oxygen atoms in total. The molecule has 4 N–H and O–H groups in total. The molecule has 3 amide bonds. The molecule has 0 bridgehead atoms. The molecule has 312 valence electrons. The highest BCUT2D eigenvalue weighted by molar-refractivity contribution is 7.15. The fourth-order valence-corrected chi connectivity index (χ4v) is 7.84. The maximum atomic E-state index is 15.1. The monoisotopic (exact) mass is 836 g/mol. The number of nitrogens with one attached hydrogen (secondary N) is 4. The van der Waals surface area contributed by atoms with Crippen molar-refractivity contribution in [2.24, 2.45) is 0 Å². The van der Waals surface area contributed by atoms with Crippen LogP contribution in [0, 0.1) is 32.4 Å². The number of pyridine rings is 1. The molecule has 1 saturated heterocycles. The number of hydrogen-bond acceptors (Lipinski definition) is 12. The lowest BCUT2D eigenvalue weighted by atomic mass is 10.1. The number of halogens is 2. The van der Waals surface area contributed by atoms with Gasteiger partial charge in [-0.25, -0.2) is 33.7 Å². The van der Waals surface area contributed by atoms with Gasteiger partial charge in [-0.15, -0.1) is 11.3 Å². The number of thiazole rings is 1. The van der Waals surface area contributed by atoms with Crippen LogP contribution in [-0.2, 0) is 16.1 Å². The van der Waals surface area contributed by atoms with Crippen LogP contribution in [0.4, 0.5) is 31.4 Å². The molecule has 5 heterocycles. The number of fused-ring (bicyclic) bond motifs is 1. The van der Waals surface area contributed by atoms with E-state index in [1.165, 1.54) is 17.4 Å². The summed E-state index contributed by atoms with van der Waals surface area (Å²) in [5, 5.41) is 11.9. The zero-order valence-electron chi connectivity index (χ0n) is 34.0. The van der Waals surface area contributed by atoms with Gasteiger partial charge in [0.1, 0.15) is 22.9 Å². The number of aryl methyl sites for hydroxylation is 3. The number of imidazole rings is 1. The molecule has 2 aromatic carbocycles. The zero-order valence-corrected chi connectivity index (χ0v) is 34.8. The number of anilines is 4. The smallest absolute Gasteiger partial charge is 0.259 e. The molecule has 60 heavy (non-hydrogen) atoms. The second kappa shape index (κ2) is 18.4. The Morgan fingerprint density at radius 3 is 2.33 bits per heavy atom. The van der Waals surface area contributed by atoms with Crippen LogP contribution in [0.25, 0.3) is 22.3 Å². The van der Waals surface area contributed by atoms with Gasteiger partial charge in [0, 0.05) is 68.4 Å². The number of para-hydroxylation sites is 1. The summed E-state index contributed by atoms with van der Waals surface area (Å²) in [6.07, 6.45) is 2.84. The molecule has 7 rings (SSSR count). The van der Waals surface area contributed by atoms with Crippen LogP contribution in [0.1, 0.15) is 58.6 Å². The van der Waals surface area contributed by atoms with E-state index in [9.17, 15) is 14.4 Å². The lowest BCUT2D eigenvalue weighted by Crippen LogP contribution is -2.49. The first-order valence-electron chi connectivity index (χ1n) is 19.6. The van der Waals surface area contributed by atoms with E-state index in [2.05, 4.69) is 56.0 Å². The minimum absolute atomic E-state index is 0.0272. The topological polar surface area (TPSA) is 175 Å². The van der Waals surface area contributed by atoms with Crippen molar-refractivity contribution in [3.63, 3.8) is 0 Å². The second-order valence-corrected chi connectivity index (χ2v) is 16.1. The van der Waals surface area contributed by atoms with Crippen molar-refractivity contribution in [1.29, 1.82) is 0 Å². The van der Waals surface area contributed by atoms with E-state index >= 15 is 8.78 Å². The van der Waals surface area contributed by atoms with E-state index in [0.717, 1.165) is 35.4 Å². The summed E-state index contributed by atoms with van der Waals surface area (Å²) in [5.41, 5.74) is 3.54. The molecule has 18 heteroatoms. The van der Waals surface area contributed by atoms with Crippen molar-refractivity contribution in [1.82, 2.24) is 44.6 Å². The zero-order chi connectivity index (χ0) is 42.5. The third-order valence-electron chi connectivity index (χ3n) is 10.1. The standard InChI is InChI=1S/C42H46F2N12O3S/c1-24(2)56-27(5)49-39-31(43)18-29(19-34(39)56)38-32(44)21-47-41(52-38)51-35-11-10-28(20-46-35)22-54-14-16-55(17-15-54)23-37(58)45-13-12-36(57)50-33-9-7-6-8-30(33)40(59)53-42-48-25(3)26(4)60-42/h6-11,18-21,24H,12-17,22-23H2,1-5H3,(H,45,58)(H,50,57)(H,48,53,59)(H,46,47,51,52). The number of nitrogens with zero attached hydrogens (tertiary/aromatic N) is 8. The number of benzene rings is 2. The quantitative estimate of drug-likeness (QED) is 0.0958. The van der Waals surface area contributed by atoms with Crippen molar-refractivity contribution in [2.75, 3.05) is 55.2 Å². The molecule has 6 aromatic rings. The molecule has 1 aliphatic rings. The highest BCUT2D eigenvalue weighted by atomic mass is 32.1. The summed E-state index contributed by atoms with van der Waals surface area (Å²) < 4.78 is 32.0. The van der Waals surface area contributed by atoms with E-state index in [4.69, 9.17) is 0 Å². The largest absolute Gasteiger partial charge is 0.354 e. The maximum absolute atomic E-state index is 15.1. The Kier molecular flexibility index (Phi) is 12.8. The van der Waals surface area contributed by atoms with Crippen molar-refractivity contribution in [2.45, 2.75) is 53.6 Å². The van der Waals surface area contributed by atoms with Gasteiger partial charge in [-0.05, 0) is 70.5 Å². The third-order valence-corrected chi connectivity index (χ3v) is 11.1. The van der Waals surface area contributed by atoms with Crippen LogP contribution in [0.15, 0.2) is 60.9 Å². The fourth-order valence-electron chi connectivity index (χ4n) is 7.03.